The summed E-state index contributed by atoms with van der Waals surface area (Å²) < 4.78 is 38.4. The molecule has 0 fully saturated rings. The largest absolute Gasteiger partial charge is 0.494 e. The summed E-state index contributed by atoms with van der Waals surface area (Å²) in [6.07, 6.45) is 2.04. The number of sulfonamides is 1. The fraction of sp³-hybridized carbons (Fsp3) is 0.316. The highest BCUT2D eigenvalue weighted by Crippen LogP contribution is 2.15. The van der Waals surface area contributed by atoms with E-state index < -0.39 is 16.0 Å². The van der Waals surface area contributed by atoms with Gasteiger partial charge in [-0.1, -0.05) is 13.3 Å². The predicted molar refractivity (Wildman–Crippen MR) is 100 cm³/mol. The predicted octanol–water partition coefficient (Wildman–Crippen LogP) is 2.75. The standard InChI is InChI=1S/C19H23NO6S/c1-2-3-12-24-16-6-4-15(5-7-16)19(21)26-14-13-25-17-8-10-18(11-9-17)27(20,22)23/h4-11H,2-3,12-14H2,1H3,(H2,20,22,23). The second kappa shape index (κ2) is 9.94. The van der Waals surface area contributed by atoms with Crippen LogP contribution in [0.1, 0.15) is 30.1 Å². The van der Waals surface area contributed by atoms with Crippen LogP contribution < -0.4 is 14.6 Å². The Balaban J connectivity index is 1.74. The van der Waals surface area contributed by atoms with Gasteiger partial charge in [0.1, 0.15) is 24.7 Å². The molecular weight excluding hydrogens is 370 g/mol. The van der Waals surface area contributed by atoms with Gasteiger partial charge in [-0.05, 0) is 55.0 Å². The van der Waals surface area contributed by atoms with E-state index in [4.69, 9.17) is 19.3 Å². The lowest BCUT2D eigenvalue weighted by Crippen LogP contribution is -2.13. The minimum Gasteiger partial charge on any atom is -0.494 e. The molecule has 0 aliphatic rings. The van der Waals surface area contributed by atoms with E-state index in [-0.39, 0.29) is 18.1 Å². The zero-order valence-electron chi connectivity index (χ0n) is 15.1. The van der Waals surface area contributed by atoms with Crippen molar-refractivity contribution in [3.8, 4) is 11.5 Å². The van der Waals surface area contributed by atoms with Crippen molar-refractivity contribution in [2.75, 3.05) is 19.8 Å². The highest BCUT2D eigenvalue weighted by atomic mass is 32.2. The molecular formula is C19H23NO6S. The average Bonchev–Trinajstić information content (AvgIpc) is 2.65. The second-order valence-corrected chi connectivity index (χ2v) is 7.29. The molecule has 0 radical (unpaired) electrons. The number of hydrogen-bond donors (Lipinski definition) is 1. The number of unbranched alkanes of at least 4 members (excludes halogenated alkanes) is 1. The molecule has 0 heterocycles. The molecule has 27 heavy (non-hydrogen) atoms. The first-order chi connectivity index (χ1) is 12.9. The number of hydrogen-bond acceptors (Lipinski definition) is 6. The summed E-state index contributed by atoms with van der Waals surface area (Å²) in [4.78, 5) is 12.0. The minimum atomic E-state index is -3.73. The van der Waals surface area contributed by atoms with E-state index in [0.29, 0.717) is 23.7 Å². The second-order valence-electron chi connectivity index (χ2n) is 5.73. The van der Waals surface area contributed by atoms with Gasteiger partial charge in [-0.15, -0.1) is 0 Å². The van der Waals surface area contributed by atoms with E-state index in [2.05, 4.69) is 6.92 Å². The lowest BCUT2D eigenvalue weighted by atomic mass is 10.2. The number of ether oxygens (including phenoxy) is 3. The molecule has 2 N–H and O–H groups in total. The zero-order valence-corrected chi connectivity index (χ0v) is 15.9. The lowest BCUT2D eigenvalue weighted by Gasteiger charge is -2.09. The van der Waals surface area contributed by atoms with Crippen LogP contribution in [0.5, 0.6) is 11.5 Å². The SMILES string of the molecule is CCCCOc1ccc(C(=O)OCCOc2ccc(S(N)(=O)=O)cc2)cc1. The Morgan fingerprint density at radius 2 is 1.44 bits per heavy atom. The molecule has 0 unspecified atom stereocenters. The summed E-state index contributed by atoms with van der Waals surface area (Å²) in [5.41, 5.74) is 0.426. The van der Waals surface area contributed by atoms with Gasteiger partial charge in [0.05, 0.1) is 17.1 Å². The molecule has 0 spiro atoms. The van der Waals surface area contributed by atoms with Gasteiger partial charge in [-0.25, -0.2) is 18.4 Å². The summed E-state index contributed by atoms with van der Waals surface area (Å²) in [7, 11) is -3.73. The van der Waals surface area contributed by atoms with Crippen molar-refractivity contribution in [3.05, 3.63) is 54.1 Å². The molecule has 0 aliphatic carbocycles. The molecule has 8 heteroatoms. The van der Waals surface area contributed by atoms with Crippen molar-refractivity contribution in [2.45, 2.75) is 24.7 Å². The van der Waals surface area contributed by atoms with Gasteiger partial charge in [0.2, 0.25) is 10.0 Å². The van der Waals surface area contributed by atoms with Crippen LogP contribution in [0, 0.1) is 0 Å². The molecule has 0 bridgehead atoms. The Morgan fingerprint density at radius 1 is 0.889 bits per heavy atom. The van der Waals surface area contributed by atoms with Crippen molar-refractivity contribution >= 4 is 16.0 Å². The average molecular weight is 393 g/mol. The Bertz CT molecular complexity index is 832. The Labute approximate surface area is 159 Å². The van der Waals surface area contributed by atoms with Crippen molar-refractivity contribution in [1.82, 2.24) is 0 Å². The first-order valence-corrected chi connectivity index (χ1v) is 10.1. The summed E-state index contributed by atoms with van der Waals surface area (Å²) in [6, 6.07) is 12.4. The number of carbonyl (C=O) groups excluding carboxylic acids is 1. The fourth-order valence-electron chi connectivity index (χ4n) is 2.12. The van der Waals surface area contributed by atoms with Crippen LogP contribution in [0.15, 0.2) is 53.4 Å². The number of carbonyl (C=O) groups is 1. The van der Waals surface area contributed by atoms with Gasteiger partial charge in [-0.3, -0.25) is 0 Å². The minimum absolute atomic E-state index is 0.00315. The fourth-order valence-corrected chi connectivity index (χ4v) is 2.64. The van der Waals surface area contributed by atoms with E-state index in [1.54, 1.807) is 24.3 Å². The van der Waals surface area contributed by atoms with Crippen LogP contribution in [0.2, 0.25) is 0 Å². The van der Waals surface area contributed by atoms with E-state index in [9.17, 15) is 13.2 Å². The van der Waals surface area contributed by atoms with Crippen LogP contribution in [0.25, 0.3) is 0 Å². The zero-order chi connectivity index (χ0) is 19.7. The van der Waals surface area contributed by atoms with Gasteiger partial charge in [0.25, 0.3) is 0 Å². The Hall–Kier alpha value is -2.58. The molecule has 146 valence electrons. The molecule has 2 aromatic rings. The third-order valence-corrected chi connectivity index (χ3v) is 4.52. The Kier molecular flexibility index (Phi) is 7.63. The quantitative estimate of drug-likeness (QED) is 0.491. The van der Waals surface area contributed by atoms with E-state index in [1.807, 2.05) is 0 Å². The normalized spacial score (nSPS) is 11.0. The monoisotopic (exact) mass is 393 g/mol. The van der Waals surface area contributed by atoms with Crippen LogP contribution >= 0.6 is 0 Å². The third kappa shape index (κ3) is 6.92. The number of nitrogens with two attached hydrogens (primary N) is 1. The van der Waals surface area contributed by atoms with Gasteiger partial charge < -0.3 is 14.2 Å². The number of esters is 1. The van der Waals surface area contributed by atoms with Gasteiger partial charge in [-0.2, -0.15) is 0 Å². The highest BCUT2D eigenvalue weighted by Gasteiger charge is 2.09. The molecule has 0 amide bonds. The highest BCUT2D eigenvalue weighted by molar-refractivity contribution is 7.89. The molecule has 0 saturated heterocycles. The van der Waals surface area contributed by atoms with Crippen molar-refractivity contribution in [3.63, 3.8) is 0 Å². The summed E-state index contributed by atoms with van der Waals surface area (Å²) in [6.45, 7) is 2.94. The van der Waals surface area contributed by atoms with Crippen LogP contribution in [0.4, 0.5) is 0 Å². The van der Waals surface area contributed by atoms with Gasteiger partial charge >= 0.3 is 5.97 Å². The molecule has 7 nitrogen and oxygen atoms in total. The van der Waals surface area contributed by atoms with Crippen molar-refractivity contribution < 1.29 is 27.4 Å². The number of primary sulfonamides is 1. The van der Waals surface area contributed by atoms with Gasteiger partial charge in [0.15, 0.2) is 0 Å². The third-order valence-electron chi connectivity index (χ3n) is 3.59. The van der Waals surface area contributed by atoms with Gasteiger partial charge in [0, 0.05) is 0 Å². The smallest absolute Gasteiger partial charge is 0.338 e. The molecule has 0 aromatic heterocycles. The number of benzene rings is 2. The maximum atomic E-state index is 12.0. The Morgan fingerprint density at radius 3 is 2.00 bits per heavy atom. The first-order valence-electron chi connectivity index (χ1n) is 8.56. The maximum Gasteiger partial charge on any atom is 0.338 e. The first kappa shape index (κ1) is 20.7. The molecule has 0 saturated carbocycles. The van der Waals surface area contributed by atoms with E-state index >= 15 is 0 Å². The molecule has 0 atom stereocenters. The lowest BCUT2D eigenvalue weighted by molar-refractivity contribution is 0.0450. The summed E-state index contributed by atoms with van der Waals surface area (Å²) >= 11 is 0. The van der Waals surface area contributed by atoms with Crippen LogP contribution in [-0.4, -0.2) is 34.2 Å². The molecule has 2 aromatic carbocycles. The van der Waals surface area contributed by atoms with E-state index in [0.717, 1.165) is 12.8 Å². The van der Waals surface area contributed by atoms with E-state index in [1.165, 1.54) is 24.3 Å². The maximum absolute atomic E-state index is 12.0. The van der Waals surface area contributed by atoms with Crippen LogP contribution in [-0.2, 0) is 14.8 Å². The number of rotatable bonds is 10. The molecule has 2 rings (SSSR count). The molecule has 0 aliphatic heterocycles. The summed E-state index contributed by atoms with van der Waals surface area (Å²) in [5.74, 6) is 0.710. The summed E-state index contributed by atoms with van der Waals surface area (Å²) in [5, 5.41) is 5.02. The van der Waals surface area contributed by atoms with Crippen LogP contribution in [0.3, 0.4) is 0 Å². The van der Waals surface area contributed by atoms with Crippen molar-refractivity contribution in [2.24, 2.45) is 5.14 Å². The topological polar surface area (TPSA) is 105 Å². The van der Waals surface area contributed by atoms with Crippen molar-refractivity contribution in [1.29, 1.82) is 0 Å².